The standard InChI is InChI=1S/C20H21N5O3S/c1-28-17-10-6-5-9-16(17)24(12-11-18(21)26)19(27)13-29-20-23-22-14-25(20)15-7-3-2-4-8-15/h2-10,14H,11-13H2,1H3,(H2,21,26). The first-order valence-electron chi connectivity index (χ1n) is 8.90. The van der Waals surface area contributed by atoms with Crippen LogP contribution in [0.15, 0.2) is 66.1 Å². The number of thioether (sulfide) groups is 1. The fraction of sp³-hybridized carbons (Fsp3) is 0.200. The predicted molar refractivity (Wildman–Crippen MR) is 111 cm³/mol. The van der Waals surface area contributed by atoms with Gasteiger partial charge in [0.25, 0.3) is 0 Å². The number of ether oxygens (including phenoxy) is 1. The van der Waals surface area contributed by atoms with Crippen molar-refractivity contribution in [2.24, 2.45) is 5.73 Å². The van der Waals surface area contributed by atoms with Gasteiger partial charge in [-0.2, -0.15) is 0 Å². The number of hydrogen-bond acceptors (Lipinski definition) is 6. The van der Waals surface area contributed by atoms with Crippen LogP contribution in [0.3, 0.4) is 0 Å². The van der Waals surface area contributed by atoms with E-state index in [0.29, 0.717) is 16.6 Å². The fourth-order valence-corrected chi connectivity index (χ4v) is 3.55. The zero-order valence-electron chi connectivity index (χ0n) is 15.9. The summed E-state index contributed by atoms with van der Waals surface area (Å²) in [7, 11) is 1.53. The molecule has 3 rings (SSSR count). The number of benzene rings is 2. The molecule has 0 radical (unpaired) electrons. The van der Waals surface area contributed by atoms with E-state index in [1.165, 1.54) is 23.8 Å². The minimum absolute atomic E-state index is 0.0503. The first-order chi connectivity index (χ1) is 14.1. The minimum atomic E-state index is -0.478. The average Bonchev–Trinajstić information content (AvgIpc) is 3.22. The number of carbonyl (C=O) groups is 2. The Morgan fingerprint density at radius 1 is 1.14 bits per heavy atom. The van der Waals surface area contributed by atoms with Gasteiger partial charge < -0.3 is 15.4 Å². The topological polar surface area (TPSA) is 103 Å². The summed E-state index contributed by atoms with van der Waals surface area (Å²) in [5.74, 6) is -0.0113. The molecule has 150 valence electrons. The molecule has 0 bridgehead atoms. The normalized spacial score (nSPS) is 10.5. The maximum absolute atomic E-state index is 13.0. The first-order valence-corrected chi connectivity index (χ1v) is 9.88. The number of anilines is 1. The highest BCUT2D eigenvalue weighted by atomic mass is 32.2. The molecule has 9 heteroatoms. The molecule has 29 heavy (non-hydrogen) atoms. The van der Waals surface area contributed by atoms with Gasteiger partial charge in [0.05, 0.1) is 18.6 Å². The smallest absolute Gasteiger partial charge is 0.237 e. The highest BCUT2D eigenvalue weighted by Crippen LogP contribution is 2.29. The molecule has 1 heterocycles. The van der Waals surface area contributed by atoms with Crippen molar-refractivity contribution in [2.45, 2.75) is 11.6 Å². The Labute approximate surface area is 172 Å². The minimum Gasteiger partial charge on any atom is -0.495 e. The van der Waals surface area contributed by atoms with Gasteiger partial charge in [-0.25, -0.2) is 0 Å². The largest absolute Gasteiger partial charge is 0.495 e. The molecule has 3 aromatic rings. The number of aromatic nitrogens is 3. The number of carbonyl (C=O) groups excluding carboxylic acids is 2. The van der Waals surface area contributed by atoms with Crippen LogP contribution in [-0.4, -0.2) is 46.0 Å². The Morgan fingerprint density at radius 3 is 2.59 bits per heavy atom. The van der Waals surface area contributed by atoms with E-state index in [2.05, 4.69) is 10.2 Å². The van der Waals surface area contributed by atoms with Gasteiger partial charge in [0.15, 0.2) is 5.16 Å². The molecular formula is C20H21N5O3S. The van der Waals surface area contributed by atoms with Crippen molar-refractivity contribution in [3.8, 4) is 11.4 Å². The Morgan fingerprint density at radius 2 is 1.86 bits per heavy atom. The maximum Gasteiger partial charge on any atom is 0.237 e. The van der Waals surface area contributed by atoms with E-state index >= 15 is 0 Å². The monoisotopic (exact) mass is 411 g/mol. The average molecular weight is 411 g/mol. The van der Waals surface area contributed by atoms with E-state index in [1.807, 2.05) is 47.0 Å². The van der Waals surface area contributed by atoms with E-state index in [0.717, 1.165) is 5.69 Å². The van der Waals surface area contributed by atoms with Crippen molar-refractivity contribution in [3.05, 3.63) is 60.9 Å². The number of methoxy groups -OCH3 is 1. The summed E-state index contributed by atoms with van der Waals surface area (Å²) in [6, 6.07) is 16.8. The summed E-state index contributed by atoms with van der Waals surface area (Å²) in [6.07, 6.45) is 1.65. The van der Waals surface area contributed by atoms with Gasteiger partial charge >= 0.3 is 0 Å². The van der Waals surface area contributed by atoms with E-state index in [-0.39, 0.29) is 24.6 Å². The van der Waals surface area contributed by atoms with Crippen molar-refractivity contribution in [1.29, 1.82) is 0 Å². The van der Waals surface area contributed by atoms with Crippen LogP contribution in [0.25, 0.3) is 5.69 Å². The highest BCUT2D eigenvalue weighted by molar-refractivity contribution is 7.99. The van der Waals surface area contributed by atoms with E-state index in [9.17, 15) is 9.59 Å². The summed E-state index contributed by atoms with van der Waals surface area (Å²) in [5.41, 5.74) is 6.78. The van der Waals surface area contributed by atoms with Crippen LogP contribution >= 0.6 is 11.8 Å². The molecule has 0 saturated carbocycles. The van der Waals surface area contributed by atoms with Crippen LogP contribution in [0.1, 0.15) is 6.42 Å². The third kappa shape index (κ3) is 5.14. The number of amides is 2. The lowest BCUT2D eigenvalue weighted by atomic mass is 10.2. The fourth-order valence-electron chi connectivity index (χ4n) is 2.75. The molecule has 0 aliphatic rings. The molecule has 0 fully saturated rings. The van der Waals surface area contributed by atoms with Crippen molar-refractivity contribution in [1.82, 2.24) is 14.8 Å². The summed E-state index contributed by atoms with van der Waals surface area (Å²) >= 11 is 1.27. The van der Waals surface area contributed by atoms with Gasteiger partial charge in [-0.1, -0.05) is 42.1 Å². The lowest BCUT2D eigenvalue weighted by Crippen LogP contribution is -2.35. The van der Waals surface area contributed by atoms with Crippen molar-refractivity contribution in [3.63, 3.8) is 0 Å². The van der Waals surface area contributed by atoms with E-state index < -0.39 is 5.91 Å². The van der Waals surface area contributed by atoms with E-state index in [4.69, 9.17) is 10.5 Å². The highest BCUT2D eigenvalue weighted by Gasteiger charge is 2.21. The zero-order chi connectivity index (χ0) is 20.6. The number of rotatable bonds is 9. The summed E-state index contributed by atoms with van der Waals surface area (Å²) in [5, 5.41) is 8.66. The predicted octanol–water partition coefficient (Wildman–Crippen LogP) is 2.28. The number of nitrogens with two attached hydrogens (primary N) is 1. The first kappa shape index (κ1) is 20.4. The second-order valence-electron chi connectivity index (χ2n) is 6.04. The molecule has 0 aliphatic carbocycles. The van der Waals surface area contributed by atoms with Gasteiger partial charge in [-0.3, -0.25) is 14.2 Å². The quantitative estimate of drug-likeness (QED) is 0.542. The van der Waals surface area contributed by atoms with Crippen LogP contribution in [0.2, 0.25) is 0 Å². The Balaban J connectivity index is 1.77. The summed E-state index contributed by atoms with van der Waals surface area (Å²) < 4.78 is 7.18. The zero-order valence-corrected chi connectivity index (χ0v) is 16.7. The molecule has 0 saturated heterocycles. The summed E-state index contributed by atoms with van der Waals surface area (Å²) in [6.45, 7) is 0.167. The van der Waals surface area contributed by atoms with Gasteiger partial charge in [-0.05, 0) is 24.3 Å². The van der Waals surface area contributed by atoms with E-state index in [1.54, 1.807) is 18.5 Å². The molecule has 0 spiro atoms. The van der Waals surface area contributed by atoms with Crippen molar-refractivity contribution in [2.75, 3.05) is 24.3 Å². The number of primary amides is 1. The molecule has 1 aromatic heterocycles. The number of para-hydroxylation sites is 3. The van der Waals surface area contributed by atoms with Crippen molar-refractivity contribution < 1.29 is 14.3 Å². The van der Waals surface area contributed by atoms with Crippen LogP contribution in [0.5, 0.6) is 5.75 Å². The van der Waals surface area contributed by atoms with Crippen LogP contribution in [0.4, 0.5) is 5.69 Å². The second-order valence-corrected chi connectivity index (χ2v) is 6.98. The van der Waals surface area contributed by atoms with Crippen LogP contribution < -0.4 is 15.4 Å². The lowest BCUT2D eigenvalue weighted by molar-refractivity contribution is -0.118. The molecular weight excluding hydrogens is 390 g/mol. The van der Waals surface area contributed by atoms with Crippen LogP contribution in [-0.2, 0) is 9.59 Å². The lowest BCUT2D eigenvalue weighted by Gasteiger charge is -2.24. The number of hydrogen-bond donors (Lipinski definition) is 1. The molecule has 2 N–H and O–H groups in total. The molecule has 8 nitrogen and oxygen atoms in total. The third-order valence-electron chi connectivity index (χ3n) is 4.13. The van der Waals surface area contributed by atoms with Gasteiger partial charge in [-0.15, -0.1) is 10.2 Å². The Hall–Kier alpha value is -3.33. The molecule has 2 amide bonds. The maximum atomic E-state index is 13.0. The molecule has 0 aliphatic heterocycles. The summed E-state index contributed by atoms with van der Waals surface area (Å²) in [4.78, 5) is 25.8. The SMILES string of the molecule is COc1ccccc1N(CCC(N)=O)C(=O)CSc1nncn1-c1ccccc1. The Bertz CT molecular complexity index is 977. The molecule has 2 aromatic carbocycles. The van der Waals surface area contributed by atoms with Gasteiger partial charge in [0.1, 0.15) is 12.1 Å². The van der Waals surface area contributed by atoms with Crippen molar-refractivity contribution >= 4 is 29.3 Å². The number of nitrogens with zero attached hydrogens (tertiary/aromatic N) is 4. The van der Waals surface area contributed by atoms with Gasteiger partial charge in [0, 0.05) is 18.7 Å². The Kier molecular flexibility index (Phi) is 6.85. The van der Waals surface area contributed by atoms with Gasteiger partial charge in [0.2, 0.25) is 11.8 Å². The molecule has 0 unspecified atom stereocenters. The van der Waals surface area contributed by atoms with Crippen LogP contribution in [0, 0.1) is 0 Å². The molecule has 0 atom stereocenters. The second kappa shape index (κ2) is 9.74. The third-order valence-corrected chi connectivity index (χ3v) is 5.06.